The van der Waals surface area contributed by atoms with Gasteiger partial charge in [0.25, 0.3) is 0 Å². The van der Waals surface area contributed by atoms with Gasteiger partial charge < -0.3 is 10.1 Å². The standard InChI is InChI=1S/C14H17N3O/c1-10-11-9-15-8-7-12(11)17(16-10)13-5-3-4-6-14(13)18-2/h3-6,15H,7-9H2,1-2H3. The summed E-state index contributed by atoms with van der Waals surface area (Å²) in [5.41, 5.74) is 4.75. The van der Waals surface area contributed by atoms with E-state index in [1.807, 2.05) is 28.9 Å². The highest BCUT2D eigenvalue weighted by Crippen LogP contribution is 2.27. The molecule has 94 valence electrons. The van der Waals surface area contributed by atoms with Crippen molar-refractivity contribution in [3.8, 4) is 11.4 Å². The Labute approximate surface area is 107 Å². The van der Waals surface area contributed by atoms with Crippen LogP contribution in [0.15, 0.2) is 24.3 Å². The summed E-state index contributed by atoms with van der Waals surface area (Å²) >= 11 is 0. The fourth-order valence-electron chi connectivity index (χ4n) is 2.52. The third-order valence-electron chi connectivity index (χ3n) is 3.44. The number of para-hydroxylation sites is 2. The van der Waals surface area contributed by atoms with Gasteiger partial charge in [0.1, 0.15) is 11.4 Å². The fourth-order valence-corrected chi connectivity index (χ4v) is 2.52. The maximum absolute atomic E-state index is 5.42. The average Bonchev–Trinajstić information content (AvgIpc) is 2.77. The van der Waals surface area contributed by atoms with Gasteiger partial charge >= 0.3 is 0 Å². The van der Waals surface area contributed by atoms with E-state index in [9.17, 15) is 0 Å². The van der Waals surface area contributed by atoms with Gasteiger partial charge in [0.05, 0.1) is 18.5 Å². The number of methoxy groups -OCH3 is 1. The predicted molar refractivity (Wildman–Crippen MR) is 70.3 cm³/mol. The van der Waals surface area contributed by atoms with Crippen LogP contribution in [0.3, 0.4) is 0 Å². The van der Waals surface area contributed by atoms with E-state index >= 15 is 0 Å². The molecule has 2 heterocycles. The number of aromatic nitrogens is 2. The van der Waals surface area contributed by atoms with Crippen LogP contribution in [0.5, 0.6) is 5.75 Å². The zero-order chi connectivity index (χ0) is 12.5. The summed E-state index contributed by atoms with van der Waals surface area (Å²) in [5, 5.41) is 8.06. The van der Waals surface area contributed by atoms with Crippen LogP contribution in [0.2, 0.25) is 0 Å². The Morgan fingerprint density at radius 1 is 1.33 bits per heavy atom. The smallest absolute Gasteiger partial charge is 0.144 e. The van der Waals surface area contributed by atoms with Gasteiger partial charge in [0, 0.05) is 25.1 Å². The SMILES string of the molecule is COc1ccccc1-n1nc(C)c2c1CCNC2. The summed E-state index contributed by atoms with van der Waals surface area (Å²) in [6.07, 6.45) is 1.01. The first-order valence-electron chi connectivity index (χ1n) is 6.22. The van der Waals surface area contributed by atoms with E-state index in [0.717, 1.165) is 36.6 Å². The minimum atomic E-state index is 0.862. The molecule has 1 aromatic heterocycles. The molecule has 3 rings (SSSR count). The molecule has 4 heteroatoms. The van der Waals surface area contributed by atoms with E-state index in [1.54, 1.807) is 7.11 Å². The number of ether oxygens (including phenoxy) is 1. The van der Waals surface area contributed by atoms with Crippen molar-refractivity contribution in [2.24, 2.45) is 0 Å². The molecule has 2 aromatic rings. The van der Waals surface area contributed by atoms with Crippen LogP contribution in [0.25, 0.3) is 5.69 Å². The van der Waals surface area contributed by atoms with Gasteiger partial charge in [-0.25, -0.2) is 4.68 Å². The Balaban J connectivity index is 2.17. The molecule has 0 fully saturated rings. The van der Waals surface area contributed by atoms with Crippen molar-refractivity contribution in [1.82, 2.24) is 15.1 Å². The summed E-state index contributed by atoms with van der Waals surface area (Å²) in [5.74, 6) is 0.862. The number of hydrogen-bond donors (Lipinski definition) is 1. The summed E-state index contributed by atoms with van der Waals surface area (Å²) in [7, 11) is 1.70. The zero-order valence-corrected chi connectivity index (χ0v) is 10.7. The first-order chi connectivity index (χ1) is 8.81. The number of fused-ring (bicyclic) bond motifs is 1. The van der Waals surface area contributed by atoms with E-state index in [1.165, 1.54) is 11.3 Å². The van der Waals surface area contributed by atoms with Gasteiger partial charge in [-0.05, 0) is 19.1 Å². The molecule has 0 atom stereocenters. The predicted octanol–water partition coefficient (Wildman–Crippen LogP) is 1.84. The molecule has 18 heavy (non-hydrogen) atoms. The maximum atomic E-state index is 5.42. The Bertz CT molecular complexity index is 574. The van der Waals surface area contributed by atoms with E-state index < -0.39 is 0 Å². The molecule has 0 saturated heterocycles. The lowest BCUT2D eigenvalue weighted by molar-refractivity contribution is 0.411. The second-order valence-electron chi connectivity index (χ2n) is 4.52. The topological polar surface area (TPSA) is 39.1 Å². The highest BCUT2D eigenvalue weighted by molar-refractivity contribution is 5.48. The van der Waals surface area contributed by atoms with E-state index in [-0.39, 0.29) is 0 Å². The molecule has 1 N–H and O–H groups in total. The average molecular weight is 243 g/mol. The van der Waals surface area contributed by atoms with Crippen molar-refractivity contribution in [2.45, 2.75) is 19.9 Å². The molecule has 0 unspecified atom stereocenters. The minimum Gasteiger partial charge on any atom is -0.494 e. The molecule has 1 aromatic carbocycles. The fraction of sp³-hybridized carbons (Fsp3) is 0.357. The summed E-state index contributed by atoms with van der Waals surface area (Å²) in [4.78, 5) is 0. The first-order valence-corrected chi connectivity index (χ1v) is 6.22. The first kappa shape index (κ1) is 11.3. The van der Waals surface area contributed by atoms with E-state index in [2.05, 4.69) is 17.3 Å². The molecule has 0 aliphatic carbocycles. The van der Waals surface area contributed by atoms with Crippen LogP contribution in [0, 0.1) is 6.92 Å². The molecule has 1 aliphatic heterocycles. The van der Waals surface area contributed by atoms with E-state index in [0.29, 0.717) is 0 Å². The minimum absolute atomic E-state index is 0.862. The molecular formula is C14H17N3O. The lowest BCUT2D eigenvalue weighted by atomic mass is 10.1. The Morgan fingerprint density at radius 3 is 3.00 bits per heavy atom. The molecule has 1 aliphatic rings. The summed E-state index contributed by atoms with van der Waals surface area (Å²) in [6, 6.07) is 8.02. The highest BCUT2D eigenvalue weighted by Gasteiger charge is 2.20. The maximum Gasteiger partial charge on any atom is 0.144 e. The number of benzene rings is 1. The molecule has 0 amide bonds. The van der Waals surface area contributed by atoms with Gasteiger partial charge in [-0.3, -0.25) is 0 Å². The van der Waals surface area contributed by atoms with Gasteiger partial charge in [-0.15, -0.1) is 0 Å². The van der Waals surface area contributed by atoms with Crippen LogP contribution < -0.4 is 10.1 Å². The quantitative estimate of drug-likeness (QED) is 0.874. The van der Waals surface area contributed by atoms with Crippen molar-refractivity contribution >= 4 is 0 Å². The number of rotatable bonds is 2. The van der Waals surface area contributed by atoms with Gasteiger partial charge in [-0.2, -0.15) is 5.10 Å². The second-order valence-corrected chi connectivity index (χ2v) is 4.52. The van der Waals surface area contributed by atoms with Crippen molar-refractivity contribution in [3.05, 3.63) is 41.2 Å². The van der Waals surface area contributed by atoms with Crippen LogP contribution >= 0.6 is 0 Å². The van der Waals surface area contributed by atoms with Gasteiger partial charge in [0.2, 0.25) is 0 Å². The second kappa shape index (κ2) is 4.46. The highest BCUT2D eigenvalue weighted by atomic mass is 16.5. The summed E-state index contributed by atoms with van der Waals surface area (Å²) in [6.45, 7) is 3.99. The molecule has 0 bridgehead atoms. The molecule has 0 radical (unpaired) electrons. The van der Waals surface area contributed by atoms with Crippen LogP contribution in [-0.2, 0) is 13.0 Å². The third kappa shape index (κ3) is 1.69. The van der Waals surface area contributed by atoms with E-state index in [4.69, 9.17) is 4.74 Å². The zero-order valence-electron chi connectivity index (χ0n) is 10.7. The van der Waals surface area contributed by atoms with Crippen LogP contribution in [-0.4, -0.2) is 23.4 Å². The largest absolute Gasteiger partial charge is 0.494 e. The van der Waals surface area contributed by atoms with Crippen molar-refractivity contribution < 1.29 is 4.74 Å². The Morgan fingerprint density at radius 2 is 2.17 bits per heavy atom. The number of hydrogen-bond acceptors (Lipinski definition) is 3. The van der Waals surface area contributed by atoms with Crippen molar-refractivity contribution in [2.75, 3.05) is 13.7 Å². The third-order valence-corrected chi connectivity index (χ3v) is 3.44. The molecular weight excluding hydrogens is 226 g/mol. The number of nitrogens with one attached hydrogen (secondary N) is 1. The Hall–Kier alpha value is -1.81. The number of nitrogens with zero attached hydrogens (tertiary/aromatic N) is 2. The lowest BCUT2D eigenvalue weighted by Gasteiger charge is -2.16. The molecule has 4 nitrogen and oxygen atoms in total. The van der Waals surface area contributed by atoms with Crippen molar-refractivity contribution in [3.63, 3.8) is 0 Å². The van der Waals surface area contributed by atoms with Crippen LogP contribution in [0.1, 0.15) is 17.0 Å². The van der Waals surface area contributed by atoms with Crippen molar-refractivity contribution in [1.29, 1.82) is 0 Å². The van der Waals surface area contributed by atoms with Gasteiger partial charge in [-0.1, -0.05) is 12.1 Å². The van der Waals surface area contributed by atoms with Crippen LogP contribution in [0.4, 0.5) is 0 Å². The Kier molecular flexibility index (Phi) is 2.80. The number of aryl methyl sites for hydroxylation is 1. The molecule has 0 spiro atoms. The summed E-state index contributed by atoms with van der Waals surface area (Å²) < 4.78 is 7.46. The molecule has 0 saturated carbocycles. The monoisotopic (exact) mass is 243 g/mol. The lowest BCUT2D eigenvalue weighted by Crippen LogP contribution is -2.24. The van der Waals surface area contributed by atoms with Gasteiger partial charge in [0.15, 0.2) is 0 Å². The normalized spacial score (nSPS) is 14.3.